The molecule has 0 fully saturated rings. The molecule has 62 valence electrons. The number of hydrogen-bond acceptors (Lipinski definition) is 4. The number of carbonyl (C=O) groups excluding carboxylic acids is 1. The van der Waals surface area contributed by atoms with Gasteiger partial charge in [0.2, 0.25) is 0 Å². The quantitative estimate of drug-likeness (QED) is 0.458. The first-order valence-electron chi connectivity index (χ1n) is 2.66. The van der Waals surface area contributed by atoms with E-state index in [2.05, 4.69) is 4.74 Å². The predicted molar refractivity (Wildman–Crippen MR) is 39.1 cm³/mol. The second kappa shape index (κ2) is 8.68. The number of halogens is 1. The highest BCUT2D eigenvalue weighted by Crippen LogP contribution is 1.75. The molecule has 4 nitrogen and oxygen atoms in total. The van der Waals surface area contributed by atoms with E-state index in [1.165, 1.54) is 7.11 Å². The Morgan fingerprint density at radius 3 is 2.60 bits per heavy atom. The number of hydrogen-bond donors (Lipinski definition) is 1. The van der Waals surface area contributed by atoms with Crippen LogP contribution in [0.5, 0.6) is 0 Å². The van der Waals surface area contributed by atoms with Gasteiger partial charge in [-0.1, -0.05) is 0 Å². The number of ether oxygens (including phenoxy) is 2. The van der Waals surface area contributed by atoms with Gasteiger partial charge in [-0.2, -0.15) is 0 Å². The maximum atomic E-state index is 10.3. The molecule has 2 N–H and O–H groups in total. The van der Waals surface area contributed by atoms with E-state index in [-0.39, 0.29) is 25.0 Å². The van der Waals surface area contributed by atoms with Gasteiger partial charge in [0.05, 0.1) is 13.7 Å². The molecule has 0 aliphatic heterocycles. The minimum atomic E-state index is -0.372. The number of methoxy groups -OCH3 is 1. The summed E-state index contributed by atoms with van der Waals surface area (Å²) in [4.78, 5) is 10.3. The first-order chi connectivity index (χ1) is 4.31. The topological polar surface area (TPSA) is 61.5 Å². The van der Waals surface area contributed by atoms with E-state index in [0.29, 0.717) is 13.2 Å². The molecule has 0 bridgehead atoms. The fraction of sp³-hybridized carbons (Fsp3) is 0.800. The molecule has 0 unspecified atom stereocenters. The average molecular weight is 170 g/mol. The van der Waals surface area contributed by atoms with Crippen LogP contribution in [0.25, 0.3) is 0 Å². The summed E-state index contributed by atoms with van der Waals surface area (Å²) in [6.45, 7) is 0.819. The van der Waals surface area contributed by atoms with Gasteiger partial charge in [0, 0.05) is 6.54 Å². The van der Waals surface area contributed by atoms with Gasteiger partial charge in [0.15, 0.2) is 0 Å². The molecule has 0 saturated heterocycles. The molecule has 0 aromatic rings. The van der Waals surface area contributed by atoms with Crippen LogP contribution in [0.3, 0.4) is 0 Å². The number of carbonyl (C=O) groups is 1. The molecule has 5 heteroatoms. The normalized spacial score (nSPS) is 8.20. The van der Waals surface area contributed by atoms with Gasteiger partial charge in [-0.15, -0.1) is 12.4 Å². The van der Waals surface area contributed by atoms with E-state index in [9.17, 15) is 4.79 Å². The number of nitrogens with two attached hydrogens (primary N) is 1. The van der Waals surface area contributed by atoms with Gasteiger partial charge in [0.1, 0.15) is 6.61 Å². The Balaban J connectivity index is 0. The zero-order valence-electron chi connectivity index (χ0n) is 5.83. The van der Waals surface area contributed by atoms with Crippen molar-refractivity contribution in [1.29, 1.82) is 0 Å². The molecule has 0 radical (unpaired) electrons. The number of rotatable bonds is 4. The first-order valence-corrected chi connectivity index (χ1v) is 2.66. The zero-order valence-corrected chi connectivity index (χ0v) is 6.65. The Bertz CT molecular complexity index is 89.0. The molecular weight excluding hydrogens is 158 g/mol. The highest BCUT2D eigenvalue weighted by Gasteiger charge is 1.96. The third-order valence-electron chi connectivity index (χ3n) is 0.710. The molecule has 0 amide bonds. The first kappa shape index (κ1) is 12.4. The molecule has 0 aromatic carbocycles. The second-order valence-corrected chi connectivity index (χ2v) is 1.42. The summed E-state index contributed by atoms with van der Waals surface area (Å²) in [5, 5.41) is 0. The van der Waals surface area contributed by atoms with Crippen molar-refractivity contribution in [2.24, 2.45) is 5.73 Å². The SMILES string of the molecule is COC(=O)COCCN.Cl. The van der Waals surface area contributed by atoms with Crippen LogP contribution in [0.2, 0.25) is 0 Å². The van der Waals surface area contributed by atoms with Crippen molar-refractivity contribution in [1.82, 2.24) is 0 Å². The highest BCUT2D eigenvalue weighted by atomic mass is 35.5. The van der Waals surface area contributed by atoms with Crippen molar-refractivity contribution < 1.29 is 14.3 Å². The van der Waals surface area contributed by atoms with Gasteiger partial charge < -0.3 is 15.2 Å². The van der Waals surface area contributed by atoms with Crippen LogP contribution in [-0.2, 0) is 14.3 Å². The van der Waals surface area contributed by atoms with E-state index < -0.39 is 0 Å². The lowest BCUT2D eigenvalue weighted by molar-refractivity contribution is -0.145. The standard InChI is InChI=1S/C5H11NO3.ClH/c1-8-5(7)4-9-3-2-6;/h2-4,6H2,1H3;1H. The maximum absolute atomic E-state index is 10.3. The predicted octanol–water partition coefficient (Wildman–Crippen LogP) is -0.444. The van der Waals surface area contributed by atoms with Crippen molar-refractivity contribution in [3.63, 3.8) is 0 Å². The minimum Gasteiger partial charge on any atom is -0.467 e. The van der Waals surface area contributed by atoms with Crippen molar-refractivity contribution in [2.45, 2.75) is 0 Å². The lowest BCUT2D eigenvalue weighted by atomic mass is 10.7. The molecule has 0 rings (SSSR count). The fourth-order valence-electron chi connectivity index (χ4n) is 0.298. The van der Waals surface area contributed by atoms with Crippen LogP contribution in [0.1, 0.15) is 0 Å². The molecule has 0 spiro atoms. The van der Waals surface area contributed by atoms with Crippen LogP contribution in [0.4, 0.5) is 0 Å². The van der Waals surface area contributed by atoms with Gasteiger partial charge in [-0.3, -0.25) is 0 Å². The third kappa shape index (κ3) is 7.68. The Morgan fingerprint density at radius 1 is 1.60 bits per heavy atom. The Hall–Kier alpha value is -0.320. The summed E-state index contributed by atoms with van der Waals surface area (Å²) in [6.07, 6.45) is 0. The Labute approximate surface area is 66.1 Å². The molecule has 0 heterocycles. The molecule has 0 aromatic heterocycles. The van der Waals surface area contributed by atoms with Crippen molar-refractivity contribution in [2.75, 3.05) is 26.9 Å². The van der Waals surface area contributed by atoms with Crippen molar-refractivity contribution in [3.8, 4) is 0 Å². The largest absolute Gasteiger partial charge is 0.467 e. The summed E-state index contributed by atoms with van der Waals surface area (Å²) in [7, 11) is 1.31. The summed E-state index contributed by atoms with van der Waals surface area (Å²) >= 11 is 0. The Kier molecular flexibility index (Phi) is 10.7. The third-order valence-corrected chi connectivity index (χ3v) is 0.710. The monoisotopic (exact) mass is 169 g/mol. The second-order valence-electron chi connectivity index (χ2n) is 1.42. The minimum absolute atomic E-state index is 0. The highest BCUT2D eigenvalue weighted by molar-refractivity contribution is 5.85. The van der Waals surface area contributed by atoms with Gasteiger partial charge in [-0.25, -0.2) is 4.79 Å². The summed E-state index contributed by atoms with van der Waals surface area (Å²) in [5.41, 5.74) is 5.08. The van der Waals surface area contributed by atoms with Gasteiger partial charge in [0.25, 0.3) is 0 Å². The lowest BCUT2D eigenvalue weighted by Gasteiger charge is -1.98. The molecule has 0 saturated carbocycles. The lowest BCUT2D eigenvalue weighted by Crippen LogP contribution is -2.15. The molecule has 10 heavy (non-hydrogen) atoms. The van der Waals surface area contributed by atoms with Crippen molar-refractivity contribution >= 4 is 18.4 Å². The van der Waals surface area contributed by atoms with E-state index in [4.69, 9.17) is 10.5 Å². The maximum Gasteiger partial charge on any atom is 0.331 e. The molecular formula is C5H12ClNO3. The van der Waals surface area contributed by atoms with Gasteiger partial charge >= 0.3 is 5.97 Å². The van der Waals surface area contributed by atoms with Crippen LogP contribution < -0.4 is 5.73 Å². The van der Waals surface area contributed by atoms with E-state index in [0.717, 1.165) is 0 Å². The van der Waals surface area contributed by atoms with Crippen LogP contribution in [0, 0.1) is 0 Å². The average Bonchev–Trinajstić information content (AvgIpc) is 1.89. The van der Waals surface area contributed by atoms with E-state index >= 15 is 0 Å². The van der Waals surface area contributed by atoms with Gasteiger partial charge in [-0.05, 0) is 0 Å². The Morgan fingerprint density at radius 2 is 2.20 bits per heavy atom. The number of esters is 1. The van der Waals surface area contributed by atoms with E-state index in [1.807, 2.05) is 0 Å². The molecule has 0 aliphatic rings. The van der Waals surface area contributed by atoms with Crippen molar-refractivity contribution in [3.05, 3.63) is 0 Å². The zero-order chi connectivity index (χ0) is 7.11. The van der Waals surface area contributed by atoms with Crippen LogP contribution in [-0.4, -0.2) is 32.8 Å². The van der Waals surface area contributed by atoms with E-state index in [1.54, 1.807) is 0 Å². The molecule has 0 aliphatic carbocycles. The fourth-order valence-corrected chi connectivity index (χ4v) is 0.298. The van der Waals surface area contributed by atoms with Crippen LogP contribution >= 0.6 is 12.4 Å². The summed E-state index contributed by atoms with van der Waals surface area (Å²) < 4.78 is 9.03. The smallest absolute Gasteiger partial charge is 0.331 e. The molecule has 0 atom stereocenters. The summed E-state index contributed by atoms with van der Waals surface area (Å²) in [6, 6.07) is 0. The van der Waals surface area contributed by atoms with Crippen LogP contribution in [0.15, 0.2) is 0 Å². The summed E-state index contributed by atoms with van der Waals surface area (Å²) in [5.74, 6) is -0.372.